The number of hydrogen-bond acceptors (Lipinski definition) is 2. The molecule has 2 heteroatoms. The van der Waals surface area contributed by atoms with Crippen molar-refractivity contribution < 1.29 is 9.59 Å². The number of Topliss-reactive ketones (excluding diaryl/α,β-unsaturated/α-hetero) is 1. The van der Waals surface area contributed by atoms with Crippen LogP contribution in [0.5, 0.6) is 0 Å². The Kier molecular flexibility index (Phi) is 4.05. The Morgan fingerprint density at radius 2 is 2.00 bits per heavy atom. The molecule has 0 heterocycles. The Balaban J connectivity index is 2.47. The lowest BCUT2D eigenvalue weighted by atomic mass is 10.0. The fourth-order valence-corrected chi connectivity index (χ4v) is 1.20. The normalized spacial score (nSPS) is 12.1. The maximum atomic E-state index is 11.5. The largest absolute Gasteiger partial charge is 0.303 e. The van der Waals surface area contributed by atoms with Gasteiger partial charge in [0.2, 0.25) is 0 Å². The molecular weight excluding hydrogens is 176 g/mol. The molecule has 0 radical (unpaired) electrons. The van der Waals surface area contributed by atoms with Gasteiger partial charge in [-0.1, -0.05) is 37.3 Å². The van der Waals surface area contributed by atoms with Gasteiger partial charge in [0, 0.05) is 17.9 Å². The topological polar surface area (TPSA) is 34.1 Å². The van der Waals surface area contributed by atoms with E-state index < -0.39 is 0 Å². The van der Waals surface area contributed by atoms with E-state index in [2.05, 4.69) is 0 Å². The summed E-state index contributed by atoms with van der Waals surface area (Å²) in [7, 11) is 0. The van der Waals surface area contributed by atoms with E-state index in [0.29, 0.717) is 12.8 Å². The van der Waals surface area contributed by atoms with Crippen molar-refractivity contribution in [3.63, 3.8) is 0 Å². The molecule has 1 aromatic carbocycles. The second-order valence-corrected chi connectivity index (χ2v) is 3.44. The predicted octanol–water partition coefficient (Wildman–Crippen LogP) is 2.48. The summed E-state index contributed by atoms with van der Waals surface area (Å²) in [4.78, 5) is 21.9. The highest BCUT2D eigenvalue weighted by Crippen LogP contribution is 2.08. The zero-order valence-corrected chi connectivity index (χ0v) is 8.27. The highest BCUT2D eigenvalue weighted by molar-refractivity contribution is 5.96. The minimum atomic E-state index is -0.0253. The Hall–Kier alpha value is -1.44. The summed E-state index contributed by atoms with van der Waals surface area (Å²) in [6, 6.07) is 9.17. The molecule has 0 fully saturated rings. The summed E-state index contributed by atoms with van der Waals surface area (Å²) < 4.78 is 0. The van der Waals surface area contributed by atoms with E-state index in [1.54, 1.807) is 12.1 Å². The lowest BCUT2D eigenvalue weighted by Gasteiger charge is -2.02. The van der Waals surface area contributed by atoms with Crippen molar-refractivity contribution in [2.24, 2.45) is 5.92 Å². The van der Waals surface area contributed by atoms with Crippen LogP contribution in [-0.2, 0) is 4.79 Å². The van der Waals surface area contributed by atoms with Gasteiger partial charge in [-0.15, -0.1) is 0 Å². The van der Waals surface area contributed by atoms with Crippen LogP contribution in [0.1, 0.15) is 30.1 Å². The lowest BCUT2D eigenvalue weighted by molar-refractivity contribution is -0.110. The summed E-state index contributed by atoms with van der Waals surface area (Å²) in [5.41, 5.74) is 0.727. The molecule has 0 aliphatic heterocycles. The third-order valence-electron chi connectivity index (χ3n) is 2.15. The van der Waals surface area contributed by atoms with Crippen molar-refractivity contribution in [3.05, 3.63) is 35.9 Å². The number of ketones is 1. The van der Waals surface area contributed by atoms with Crippen molar-refractivity contribution in [3.8, 4) is 0 Å². The minimum absolute atomic E-state index is 0.0253. The number of aldehydes is 1. The fraction of sp³-hybridized carbons (Fsp3) is 0.333. The smallest absolute Gasteiger partial charge is 0.162 e. The SMILES string of the molecule is C[C@@H](C=O)CCC(=O)c1ccccc1. The Bertz CT molecular complexity index is 303. The summed E-state index contributed by atoms with van der Waals surface area (Å²) in [5.74, 6) is 0.0852. The zero-order chi connectivity index (χ0) is 10.4. The molecule has 0 aromatic heterocycles. The third-order valence-corrected chi connectivity index (χ3v) is 2.15. The van der Waals surface area contributed by atoms with Gasteiger partial charge in [0.1, 0.15) is 6.29 Å². The van der Waals surface area contributed by atoms with Crippen molar-refractivity contribution in [1.82, 2.24) is 0 Å². The molecule has 0 N–H and O–H groups in total. The molecule has 0 aliphatic rings. The van der Waals surface area contributed by atoms with Crippen LogP contribution in [0.15, 0.2) is 30.3 Å². The van der Waals surface area contributed by atoms with Crippen molar-refractivity contribution in [1.29, 1.82) is 0 Å². The van der Waals surface area contributed by atoms with Crippen LogP contribution in [0, 0.1) is 5.92 Å². The van der Waals surface area contributed by atoms with Gasteiger partial charge >= 0.3 is 0 Å². The number of carbonyl (C=O) groups is 2. The average molecular weight is 190 g/mol. The molecule has 1 rings (SSSR count). The highest BCUT2D eigenvalue weighted by Gasteiger charge is 2.07. The first kappa shape index (κ1) is 10.6. The number of hydrogen-bond donors (Lipinski definition) is 0. The maximum absolute atomic E-state index is 11.5. The van der Waals surface area contributed by atoms with Crippen molar-refractivity contribution in [2.75, 3.05) is 0 Å². The Morgan fingerprint density at radius 3 is 2.57 bits per heavy atom. The quantitative estimate of drug-likeness (QED) is 0.528. The van der Waals surface area contributed by atoms with E-state index >= 15 is 0 Å². The molecule has 0 aliphatic carbocycles. The maximum Gasteiger partial charge on any atom is 0.162 e. The summed E-state index contributed by atoms with van der Waals surface area (Å²) >= 11 is 0. The molecule has 2 nitrogen and oxygen atoms in total. The van der Waals surface area contributed by atoms with E-state index in [4.69, 9.17) is 0 Å². The number of benzene rings is 1. The molecule has 1 atom stereocenters. The molecule has 0 saturated heterocycles. The van der Waals surface area contributed by atoms with Crippen LogP contribution in [0.4, 0.5) is 0 Å². The monoisotopic (exact) mass is 190 g/mol. The van der Waals surface area contributed by atoms with Gasteiger partial charge < -0.3 is 4.79 Å². The number of carbonyl (C=O) groups excluding carboxylic acids is 2. The molecule has 0 spiro atoms. The molecule has 1 aromatic rings. The van der Waals surface area contributed by atoms with Gasteiger partial charge in [-0.25, -0.2) is 0 Å². The van der Waals surface area contributed by atoms with Gasteiger partial charge in [0.25, 0.3) is 0 Å². The van der Waals surface area contributed by atoms with Crippen LogP contribution in [0.3, 0.4) is 0 Å². The van der Waals surface area contributed by atoms with E-state index in [9.17, 15) is 9.59 Å². The van der Waals surface area contributed by atoms with Gasteiger partial charge in [0.05, 0.1) is 0 Å². The van der Waals surface area contributed by atoms with Gasteiger partial charge in [-0.3, -0.25) is 4.79 Å². The Labute approximate surface area is 83.9 Å². The molecule has 74 valence electrons. The summed E-state index contributed by atoms with van der Waals surface area (Å²) in [6.07, 6.45) is 1.97. The molecule has 0 unspecified atom stereocenters. The molecule has 0 amide bonds. The Morgan fingerprint density at radius 1 is 1.36 bits per heavy atom. The highest BCUT2D eigenvalue weighted by atomic mass is 16.1. The summed E-state index contributed by atoms with van der Waals surface area (Å²) in [6.45, 7) is 1.82. The van der Waals surface area contributed by atoms with Crippen LogP contribution < -0.4 is 0 Å². The first-order valence-corrected chi connectivity index (χ1v) is 4.77. The number of rotatable bonds is 5. The summed E-state index contributed by atoms with van der Waals surface area (Å²) in [5, 5.41) is 0. The van der Waals surface area contributed by atoms with Crippen LogP contribution in [-0.4, -0.2) is 12.1 Å². The molecular formula is C12H14O2. The zero-order valence-electron chi connectivity index (χ0n) is 8.27. The van der Waals surface area contributed by atoms with E-state index in [-0.39, 0.29) is 11.7 Å². The first-order valence-electron chi connectivity index (χ1n) is 4.77. The molecule has 14 heavy (non-hydrogen) atoms. The first-order chi connectivity index (χ1) is 6.74. The molecule has 0 bridgehead atoms. The third kappa shape index (κ3) is 3.13. The molecule has 0 saturated carbocycles. The average Bonchev–Trinajstić information content (AvgIpc) is 2.26. The van der Waals surface area contributed by atoms with E-state index in [0.717, 1.165) is 11.8 Å². The van der Waals surface area contributed by atoms with Crippen LogP contribution in [0.25, 0.3) is 0 Å². The lowest BCUT2D eigenvalue weighted by Crippen LogP contribution is -2.03. The fourth-order valence-electron chi connectivity index (χ4n) is 1.20. The van der Waals surface area contributed by atoms with Crippen LogP contribution in [0.2, 0.25) is 0 Å². The van der Waals surface area contributed by atoms with Crippen LogP contribution >= 0.6 is 0 Å². The van der Waals surface area contributed by atoms with Gasteiger partial charge in [0.15, 0.2) is 5.78 Å². The van der Waals surface area contributed by atoms with E-state index in [1.807, 2.05) is 25.1 Å². The van der Waals surface area contributed by atoms with Gasteiger partial charge in [-0.05, 0) is 6.42 Å². The minimum Gasteiger partial charge on any atom is -0.303 e. The van der Waals surface area contributed by atoms with Crippen molar-refractivity contribution >= 4 is 12.1 Å². The predicted molar refractivity (Wildman–Crippen MR) is 55.2 cm³/mol. The standard InChI is InChI=1S/C12H14O2/c1-10(9-13)7-8-12(14)11-5-3-2-4-6-11/h2-6,9-10H,7-8H2,1H3/t10-/m1/s1. The van der Waals surface area contributed by atoms with E-state index in [1.165, 1.54) is 0 Å². The second-order valence-electron chi connectivity index (χ2n) is 3.44. The van der Waals surface area contributed by atoms with Gasteiger partial charge in [-0.2, -0.15) is 0 Å². The van der Waals surface area contributed by atoms with Crippen molar-refractivity contribution in [2.45, 2.75) is 19.8 Å². The second kappa shape index (κ2) is 5.32.